The molecule has 10 heteroatoms. The van der Waals surface area contributed by atoms with Gasteiger partial charge in [0, 0.05) is 31.5 Å². The summed E-state index contributed by atoms with van der Waals surface area (Å²) in [4.78, 5) is 17.5. The SMILES string of the molecule is O=C(N1CCc2c(ncn2C2CCCCO2)C1c1cc2ccccn2n1)C(F)(F)F. The van der Waals surface area contributed by atoms with E-state index in [2.05, 4.69) is 10.1 Å². The van der Waals surface area contributed by atoms with Crippen molar-refractivity contribution in [3.05, 3.63) is 53.9 Å². The summed E-state index contributed by atoms with van der Waals surface area (Å²) in [5.74, 6) is -1.88. The summed E-state index contributed by atoms with van der Waals surface area (Å²) >= 11 is 0. The molecule has 158 valence electrons. The molecule has 0 bridgehead atoms. The summed E-state index contributed by atoms with van der Waals surface area (Å²) in [6.07, 6.45) is 1.30. The maximum atomic E-state index is 13.3. The Kier molecular flexibility index (Phi) is 4.53. The van der Waals surface area contributed by atoms with Crippen molar-refractivity contribution in [3.8, 4) is 0 Å². The number of ether oxygens (including phenoxy) is 1. The molecular weight excluding hydrogens is 399 g/mol. The van der Waals surface area contributed by atoms with Gasteiger partial charge in [-0.25, -0.2) is 9.50 Å². The summed E-state index contributed by atoms with van der Waals surface area (Å²) in [7, 11) is 0. The van der Waals surface area contributed by atoms with Gasteiger partial charge in [0.1, 0.15) is 12.3 Å². The summed E-state index contributed by atoms with van der Waals surface area (Å²) in [5.41, 5.74) is 2.32. The molecule has 0 radical (unpaired) electrons. The van der Waals surface area contributed by atoms with Crippen molar-refractivity contribution in [2.24, 2.45) is 0 Å². The molecule has 0 aliphatic carbocycles. The Balaban J connectivity index is 1.61. The van der Waals surface area contributed by atoms with Crippen LogP contribution in [0.25, 0.3) is 5.52 Å². The fourth-order valence-corrected chi connectivity index (χ4v) is 4.35. The molecule has 2 aliphatic rings. The number of alkyl halides is 3. The van der Waals surface area contributed by atoms with Crippen LogP contribution < -0.4 is 0 Å². The molecule has 2 atom stereocenters. The lowest BCUT2D eigenvalue weighted by molar-refractivity contribution is -0.187. The lowest BCUT2D eigenvalue weighted by Crippen LogP contribution is -2.47. The molecule has 5 heterocycles. The van der Waals surface area contributed by atoms with Crippen LogP contribution in [-0.4, -0.2) is 49.3 Å². The summed E-state index contributed by atoms with van der Waals surface area (Å²) in [5, 5.41) is 4.45. The Bertz CT molecular complexity index is 1050. The number of aromatic nitrogens is 4. The van der Waals surface area contributed by atoms with Crippen molar-refractivity contribution in [1.29, 1.82) is 0 Å². The molecule has 1 fully saturated rings. The number of hydrogen-bond donors (Lipinski definition) is 0. The maximum absolute atomic E-state index is 13.3. The van der Waals surface area contributed by atoms with E-state index in [0.29, 0.717) is 18.0 Å². The van der Waals surface area contributed by atoms with Crippen LogP contribution in [0.5, 0.6) is 0 Å². The molecule has 7 nitrogen and oxygen atoms in total. The van der Waals surface area contributed by atoms with Gasteiger partial charge in [0.25, 0.3) is 0 Å². The molecule has 0 spiro atoms. The maximum Gasteiger partial charge on any atom is 0.471 e. The van der Waals surface area contributed by atoms with E-state index in [1.165, 1.54) is 0 Å². The van der Waals surface area contributed by atoms with Gasteiger partial charge in [0.05, 0.1) is 23.2 Å². The van der Waals surface area contributed by atoms with Crippen molar-refractivity contribution in [2.75, 3.05) is 13.2 Å². The normalized spacial score (nSPS) is 22.3. The molecule has 3 aromatic rings. The van der Waals surface area contributed by atoms with Crippen LogP contribution in [-0.2, 0) is 16.0 Å². The molecule has 1 amide bonds. The van der Waals surface area contributed by atoms with Gasteiger partial charge in [0.2, 0.25) is 0 Å². The highest BCUT2D eigenvalue weighted by atomic mass is 19.4. The van der Waals surface area contributed by atoms with Crippen LogP contribution in [0, 0.1) is 0 Å². The molecular formula is C20H20F3N5O2. The van der Waals surface area contributed by atoms with E-state index in [1.54, 1.807) is 29.2 Å². The minimum atomic E-state index is -4.97. The second-order valence-electron chi connectivity index (χ2n) is 7.59. The number of pyridine rings is 1. The lowest BCUT2D eigenvalue weighted by atomic mass is 9.99. The Morgan fingerprint density at radius 3 is 2.83 bits per heavy atom. The molecule has 1 saturated heterocycles. The Morgan fingerprint density at radius 1 is 1.23 bits per heavy atom. The van der Waals surface area contributed by atoms with Crippen LogP contribution in [0.15, 0.2) is 36.8 Å². The predicted octanol–water partition coefficient (Wildman–Crippen LogP) is 3.27. The van der Waals surface area contributed by atoms with E-state index in [4.69, 9.17) is 4.74 Å². The molecule has 0 N–H and O–H groups in total. The zero-order chi connectivity index (χ0) is 20.9. The Labute approximate surface area is 170 Å². The number of carbonyl (C=O) groups is 1. The van der Waals surface area contributed by atoms with E-state index in [0.717, 1.165) is 35.4 Å². The van der Waals surface area contributed by atoms with Gasteiger partial charge in [0.15, 0.2) is 0 Å². The van der Waals surface area contributed by atoms with Crippen molar-refractivity contribution < 1.29 is 22.7 Å². The van der Waals surface area contributed by atoms with Crippen molar-refractivity contribution in [1.82, 2.24) is 24.1 Å². The van der Waals surface area contributed by atoms with E-state index in [-0.39, 0.29) is 19.2 Å². The fraction of sp³-hybridized carbons (Fsp3) is 0.450. The van der Waals surface area contributed by atoms with Crippen LogP contribution in [0.4, 0.5) is 13.2 Å². The molecule has 2 aliphatic heterocycles. The lowest BCUT2D eigenvalue weighted by Gasteiger charge is -2.35. The fourth-order valence-electron chi connectivity index (χ4n) is 4.35. The van der Waals surface area contributed by atoms with E-state index >= 15 is 0 Å². The van der Waals surface area contributed by atoms with Gasteiger partial charge in [-0.3, -0.25) is 4.79 Å². The number of nitrogens with zero attached hydrogens (tertiary/aromatic N) is 5. The highest BCUT2D eigenvalue weighted by Crippen LogP contribution is 2.38. The van der Waals surface area contributed by atoms with Crippen molar-refractivity contribution in [2.45, 2.75) is 44.1 Å². The number of amides is 1. The average Bonchev–Trinajstić information content (AvgIpc) is 3.36. The third-order valence-corrected chi connectivity index (χ3v) is 5.73. The monoisotopic (exact) mass is 419 g/mol. The van der Waals surface area contributed by atoms with E-state index in [9.17, 15) is 18.0 Å². The molecule has 2 unspecified atom stereocenters. The minimum absolute atomic E-state index is 0.0672. The number of halogens is 3. The largest absolute Gasteiger partial charge is 0.471 e. The molecule has 30 heavy (non-hydrogen) atoms. The Hall–Kier alpha value is -2.88. The number of imidazole rings is 1. The smallest absolute Gasteiger partial charge is 0.358 e. The van der Waals surface area contributed by atoms with E-state index in [1.807, 2.05) is 16.7 Å². The second-order valence-corrected chi connectivity index (χ2v) is 7.59. The van der Waals surface area contributed by atoms with Gasteiger partial charge in [-0.2, -0.15) is 18.3 Å². The van der Waals surface area contributed by atoms with Gasteiger partial charge in [-0.15, -0.1) is 0 Å². The van der Waals surface area contributed by atoms with Crippen molar-refractivity contribution in [3.63, 3.8) is 0 Å². The Morgan fingerprint density at radius 2 is 2.10 bits per heavy atom. The number of hydrogen-bond acceptors (Lipinski definition) is 4. The molecule has 0 aromatic carbocycles. The summed E-state index contributed by atoms with van der Waals surface area (Å²) in [6, 6.07) is 6.11. The van der Waals surface area contributed by atoms with Crippen LogP contribution in [0.1, 0.15) is 48.6 Å². The quantitative estimate of drug-likeness (QED) is 0.640. The van der Waals surface area contributed by atoms with E-state index < -0.39 is 18.1 Å². The van der Waals surface area contributed by atoms with Gasteiger partial charge >= 0.3 is 12.1 Å². The van der Waals surface area contributed by atoms with Crippen molar-refractivity contribution >= 4 is 11.4 Å². The minimum Gasteiger partial charge on any atom is -0.358 e. The average molecular weight is 419 g/mol. The second kappa shape index (κ2) is 7.12. The first-order valence-electron chi connectivity index (χ1n) is 9.93. The van der Waals surface area contributed by atoms with Gasteiger partial charge in [-0.05, 0) is 37.5 Å². The molecule has 0 saturated carbocycles. The number of carbonyl (C=O) groups excluding carboxylic acids is 1. The summed E-state index contributed by atoms with van der Waals surface area (Å²) in [6.45, 7) is 0.578. The predicted molar refractivity (Wildman–Crippen MR) is 99.6 cm³/mol. The molecule has 5 rings (SSSR count). The van der Waals surface area contributed by atoms with Crippen LogP contribution >= 0.6 is 0 Å². The topological polar surface area (TPSA) is 64.7 Å². The number of fused-ring (bicyclic) bond motifs is 2. The third kappa shape index (κ3) is 3.15. The van der Waals surface area contributed by atoms with Gasteiger partial charge in [-0.1, -0.05) is 6.07 Å². The zero-order valence-electron chi connectivity index (χ0n) is 16.0. The number of rotatable bonds is 2. The summed E-state index contributed by atoms with van der Waals surface area (Å²) < 4.78 is 49.4. The first-order chi connectivity index (χ1) is 14.4. The molecule has 3 aromatic heterocycles. The highest BCUT2D eigenvalue weighted by Gasteiger charge is 2.48. The van der Waals surface area contributed by atoms with Crippen LogP contribution in [0.3, 0.4) is 0 Å². The zero-order valence-corrected chi connectivity index (χ0v) is 16.0. The standard InChI is InChI=1S/C20H20F3N5O2/c21-20(22,23)19(29)26-9-7-15-17(24-12-27(15)16-6-2-4-10-30-16)18(26)14-11-13-5-1-3-8-28(13)25-14/h1,3,5,8,11-12,16,18H,2,4,6-7,9-10H2. The first kappa shape index (κ1) is 19.1. The van der Waals surface area contributed by atoms with Gasteiger partial charge < -0.3 is 14.2 Å². The highest BCUT2D eigenvalue weighted by molar-refractivity contribution is 5.83. The first-order valence-corrected chi connectivity index (χ1v) is 9.93. The van der Waals surface area contributed by atoms with Crippen LogP contribution in [0.2, 0.25) is 0 Å². The third-order valence-electron chi connectivity index (χ3n) is 5.73.